The molecule has 0 saturated heterocycles. The Hall–Kier alpha value is -5.06. The lowest BCUT2D eigenvalue weighted by molar-refractivity contribution is -0.142. The molecule has 4 heterocycles. The number of benzene rings is 2. The standard InChI is InChI=1S/C32H27F3N6O2/c1-40-28(21-11-7-4-8-12-21)23(27-30(40)36-19-37-31(27)43-2)13-14-26(42)41-16-15-22-24(18-41)38-25(39-29(22)32(33,34)35)17-20-9-5-3-6-10-20/h3-14,19H,15-18H2,1-2H3/b14-13+. The molecule has 1 amide bonds. The summed E-state index contributed by atoms with van der Waals surface area (Å²) >= 11 is 0. The zero-order valence-electron chi connectivity index (χ0n) is 23.5. The van der Waals surface area contributed by atoms with Crippen molar-refractivity contribution in [1.82, 2.24) is 29.4 Å². The van der Waals surface area contributed by atoms with Gasteiger partial charge in [0.15, 0.2) is 5.69 Å². The van der Waals surface area contributed by atoms with Gasteiger partial charge >= 0.3 is 6.18 Å². The van der Waals surface area contributed by atoms with E-state index >= 15 is 0 Å². The minimum Gasteiger partial charge on any atom is -0.480 e. The van der Waals surface area contributed by atoms with Crippen molar-refractivity contribution < 1.29 is 22.7 Å². The number of amides is 1. The Morgan fingerprint density at radius 1 is 1.02 bits per heavy atom. The van der Waals surface area contributed by atoms with Crippen molar-refractivity contribution in [1.29, 1.82) is 0 Å². The summed E-state index contributed by atoms with van der Waals surface area (Å²) in [5.74, 6) is 0.0795. The van der Waals surface area contributed by atoms with Gasteiger partial charge in [0, 0.05) is 37.2 Å². The van der Waals surface area contributed by atoms with Crippen LogP contribution in [0.2, 0.25) is 0 Å². The Labute approximate surface area is 245 Å². The van der Waals surface area contributed by atoms with Gasteiger partial charge in [-0.1, -0.05) is 60.7 Å². The van der Waals surface area contributed by atoms with Gasteiger partial charge in [-0.25, -0.2) is 19.9 Å². The predicted molar refractivity (Wildman–Crippen MR) is 155 cm³/mol. The molecule has 0 saturated carbocycles. The minimum atomic E-state index is -4.63. The van der Waals surface area contributed by atoms with Crippen molar-refractivity contribution in [2.75, 3.05) is 13.7 Å². The molecule has 0 radical (unpaired) electrons. The maximum absolute atomic E-state index is 14.0. The van der Waals surface area contributed by atoms with Crippen LogP contribution in [-0.4, -0.2) is 49.0 Å². The quantitative estimate of drug-likeness (QED) is 0.240. The van der Waals surface area contributed by atoms with Gasteiger partial charge in [0.25, 0.3) is 0 Å². The maximum atomic E-state index is 14.0. The van der Waals surface area contributed by atoms with Crippen LogP contribution in [0.4, 0.5) is 13.2 Å². The number of hydrogen-bond donors (Lipinski definition) is 0. The topological polar surface area (TPSA) is 86.0 Å². The van der Waals surface area contributed by atoms with E-state index in [9.17, 15) is 18.0 Å². The third-order valence-electron chi connectivity index (χ3n) is 7.50. The number of aromatic nitrogens is 5. The predicted octanol–water partition coefficient (Wildman–Crippen LogP) is 5.64. The van der Waals surface area contributed by atoms with Gasteiger partial charge < -0.3 is 14.2 Å². The minimum absolute atomic E-state index is 0.000565. The lowest BCUT2D eigenvalue weighted by atomic mass is 10.0. The lowest BCUT2D eigenvalue weighted by Gasteiger charge is -2.29. The van der Waals surface area contributed by atoms with Crippen molar-refractivity contribution in [3.63, 3.8) is 0 Å². The van der Waals surface area contributed by atoms with Gasteiger partial charge in [0.05, 0.1) is 30.4 Å². The van der Waals surface area contributed by atoms with Crippen LogP contribution in [0.5, 0.6) is 5.88 Å². The molecule has 0 atom stereocenters. The van der Waals surface area contributed by atoms with Crippen molar-refractivity contribution in [2.24, 2.45) is 7.05 Å². The normalized spacial score (nSPS) is 13.5. The number of nitrogens with zero attached hydrogens (tertiary/aromatic N) is 6. The molecule has 43 heavy (non-hydrogen) atoms. The molecule has 8 nitrogen and oxygen atoms in total. The summed E-state index contributed by atoms with van der Waals surface area (Å²) in [6.45, 7) is 0.0492. The second-order valence-corrected chi connectivity index (χ2v) is 10.2. The molecule has 0 unspecified atom stereocenters. The van der Waals surface area contributed by atoms with Crippen molar-refractivity contribution >= 4 is 23.0 Å². The Morgan fingerprint density at radius 2 is 1.74 bits per heavy atom. The Balaban J connectivity index is 1.35. The number of aryl methyl sites for hydroxylation is 1. The van der Waals surface area contributed by atoms with E-state index < -0.39 is 11.9 Å². The molecule has 0 spiro atoms. The number of ether oxygens (including phenoxy) is 1. The monoisotopic (exact) mass is 584 g/mol. The molecular formula is C32H27F3N6O2. The van der Waals surface area contributed by atoms with E-state index in [1.807, 2.05) is 72.3 Å². The first-order chi connectivity index (χ1) is 20.7. The Bertz CT molecular complexity index is 1840. The fourth-order valence-corrected chi connectivity index (χ4v) is 5.54. The second kappa shape index (κ2) is 11.3. The van der Waals surface area contributed by atoms with Gasteiger partial charge in [-0.15, -0.1) is 0 Å². The highest BCUT2D eigenvalue weighted by atomic mass is 19.4. The second-order valence-electron chi connectivity index (χ2n) is 10.2. The molecule has 6 rings (SSSR count). The average Bonchev–Trinajstić information content (AvgIpc) is 3.30. The fourth-order valence-electron chi connectivity index (χ4n) is 5.54. The number of carbonyl (C=O) groups excluding carboxylic acids is 1. The average molecular weight is 585 g/mol. The third kappa shape index (κ3) is 5.45. The molecule has 3 aromatic heterocycles. The van der Waals surface area contributed by atoms with Crippen molar-refractivity contribution in [3.05, 3.63) is 107 Å². The molecule has 218 valence electrons. The van der Waals surface area contributed by atoms with Crippen molar-refractivity contribution in [3.8, 4) is 17.1 Å². The van der Waals surface area contributed by atoms with Crippen LogP contribution >= 0.6 is 0 Å². The van der Waals surface area contributed by atoms with Gasteiger partial charge in [0.1, 0.15) is 17.8 Å². The molecule has 0 aliphatic carbocycles. The largest absolute Gasteiger partial charge is 0.480 e. The van der Waals surface area contributed by atoms with Crippen LogP contribution in [-0.2, 0) is 37.4 Å². The molecule has 1 aliphatic rings. The van der Waals surface area contributed by atoms with E-state index in [2.05, 4.69) is 19.9 Å². The van der Waals surface area contributed by atoms with Gasteiger partial charge in [-0.05, 0) is 23.6 Å². The van der Waals surface area contributed by atoms with E-state index in [-0.39, 0.29) is 48.9 Å². The van der Waals surface area contributed by atoms with Gasteiger partial charge in [0.2, 0.25) is 11.8 Å². The number of hydrogen-bond acceptors (Lipinski definition) is 6. The molecule has 1 aliphatic heterocycles. The highest BCUT2D eigenvalue weighted by Crippen LogP contribution is 2.37. The van der Waals surface area contributed by atoms with Crippen LogP contribution in [0.1, 0.15) is 33.9 Å². The summed E-state index contributed by atoms with van der Waals surface area (Å²) in [7, 11) is 3.40. The third-order valence-corrected chi connectivity index (χ3v) is 7.50. The summed E-state index contributed by atoms with van der Waals surface area (Å²) < 4.78 is 49.5. The first kappa shape index (κ1) is 28.1. The zero-order chi connectivity index (χ0) is 30.1. The van der Waals surface area contributed by atoms with Crippen LogP contribution in [0, 0.1) is 0 Å². The smallest absolute Gasteiger partial charge is 0.433 e. The molecular weight excluding hydrogens is 557 g/mol. The number of alkyl halides is 3. The van der Waals surface area contributed by atoms with E-state index in [1.165, 1.54) is 24.4 Å². The van der Waals surface area contributed by atoms with Gasteiger partial charge in [-0.2, -0.15) is 13.2 Å². The van der Waals surface area contributed by atoms with E-state index in [4.69, 9.17) is 4.74 Å². The fraction of sp³-hybridized carbons (Fsp3) is 0.219. The Morgan fingerprint density at radius 3 is 2.44 bits per heavy atom. The summed E-state index contributed by atoms with van der Waals surface area (Å²) in [5, 5.41) is 0.646. The molecule has 0 N–H and O–H groups in total. The van der Waals surface area contributed by atoms with E-state index in [0.717, 1.165) is 16.8 Å². The SMILES string of the molecule is COc1ncnc2c1c(/C=C/C(=O)N1CCc3c(nc(Cc4ccccc4)nc3C(F)(F)F)C1)c(-c1ccccc1)n2C. The first-order valence-corrected chi connectivity index (χ1v) is 13.6. The zero-order valence-corrected chi connectivity index (χ0v) is 23.5. The molecule has 0 fully saturated rings. The molecule has 11 heteroatoms. The van der Waals surface area contributed by atoms with Crippen LogP contribution < -0.4 is 4.74 Å². The highest BCUT2D eigenvalue weighted by molar-refractivity contribution is 6.02. The van der Waals surface area contributed by atoms with Crippen molar-refractivity contribution in [2.45, 2.75) is 25.6 Å². The number of halogens is 3. The van der Waals surface area contributed by atoms with Gasteiger partial charge in [-0.3, -0.25) is 4.79 Å². The summed E-state index contributed by atoms with van der Waals surface area (Å²) in [4.78, 5) is 32.1. The van der Waals surface area contributed by atoms with Crippen LogP contribution in [0.25, 0.3) is 28.4 Å². The first-order valence-electron chi connectivity index (χ1n) is 13.6. The van der Waals surface area contributed by atoms with Crippen LogP contribution in [0.15, 0.2) is 73.1 Å². The van der Waals surface area contributed by atoms with E-state index in [1.54, 1.807) is 6.08 Å². The van der Waals surface area contributed by atoms with Crippen LogP contribution in [0.3, 0.4) is 0 Å². The molecule has 0 bridgehead atoms. The molecule has 5 aromatic rings. The lowest BCUT2D eigenvalue weighted by Crippen LogP contribution is -2.37. The number of rotatable bonds is 6. The van der Waals surface area contributed by atoms with E-state index in [0.29, 0.717) is 22.5 Å². The summed E-state index contributed by atoms with van der Waals surface area (Å²) in [6, 6.07) is 18.8. The maximum Gasteiger partial charge on any atom is 0.433 e. The number of carbonyl (C=O) groups is 1. The summed E-state index contributed by atoms with van der Waals surface area (Å²) in [6.07, 6.45) is 0.0569. The highest BCUT2D eigenvalue weighted by Gasteiger charge is 2.39. The summed E-state index contributed by atoms with van der Waals surface area (Å²) in [5.41, 5.74) is 3.17. The Kier molecular flexibility index (Phi) is 7.39. The number of methoxy groups -OCH3 is 1. The molecule has 2 aromatic carbocycles. The number of fused-ring (bicyclic) bond motifs is 2.